The van der Waals surface area contributed by atoms with Crippen LogP contribution >= 0.6 is 11.6 Å². The van der Waals surface area contributed by atoms with Gasteiger partial charge in [0.2, 0.25) is 5.91 Å². The molecule has 0 aromatic heterocycles. The van der Waals surface area contributed by atoms with Crippen LogP contribution in [0.3, 0.4) is 0 Å². The molecule has 0 fully saturated rings. The third-order valence-corrected chi connectivity index (χ3v) is 3.46. The standard InChI is InChI=1S/C17H18ClFN2O/c1-12-3-2-4-13(9-12)11-21-17(22)7-8-20-14-5-6-16(19)15(18)10-14/h2-6,9-10,20H,7-8,11H2,1H3,(H,21,22). The molecule has 0 unspecified atom stereocenters. The number of hydrogen-bond acceptors (Lipinski definition) is 2. The van der Waals surface area contributed by atoms with Crippen LogP contribution in [0.5, 0.6) is 0 Å². The Kier molecular flexibility index (Phi) is 5.78. The van der Waals surface area contributed by atoms with Gasteiger partial charge in [-0.15, -0.1) is 0 Å². The first-order chi connectivity index (χ1) is 10.5. The summed E-state index contributed by atoms with van der Waals surface area (Å²) in [6.07, 6.45) is 0.334. The van der Waals surface area contributed by atoms with Gasteiger partial charge in [-0.2, -0.15) is 0 Å². The fourth-order valence-electron chi connectivity index (χ4n) is 2.04. The summed E-state index contributed by atoms with van der Waals surface area (Å²) in [5.41, 5.74) is 2.94. The summed E-state index contributed by atoms with van der Waals surface area (Å²) in [6, 6.07) is 12.4. The molecule has 0 spiro atoms. The summed E-state index contributed by atoms with van der Waals surface area (Å²) in [7, 11) is 0. The summed E-state index contributed by atoms with van der Waals surface area (Å²) in [4.78, 5) is 11.8. The number of nitrogens with one attached hydrogen (secondary N) is 2. The molecule has 0 heterocycles. The molecule has 0 aliphatic carbocycles. The average molecular weight is 321 g/mol. The van der Waals surface area contributed by atoms with Crippen LogP contribution in [0, 0.1) is 12.7 Å². The number of aryl methyl sites for hydroxylation is 1. The van der Waals surface area contributed by atoms with Crippen LogP contribution in [0.15, 0.2) is 42.5 Å². The van der Waals surface area contributed by atoms with Crippen molar-refractivity contribution in [2.24, 2.45) is 0 Å². The molecule has 0 bridgehead atoms. The van der Waals surface area contributed by atoms with Crippen molar-refractivity contribution in [1.29, 1.82) is 0 Å². The van der Waals surface area contributed by atoms with Gasteiger partial charge in [0, 0.05) is 25.2 Å². The highest BCUT2D eigenvalue weighted by Crippen LogP contribution is 2.19. The Morgan fingerprint density at radius 2 is 2.05 bits per heavy atom. The minimum atomic E-state index is -0.455. The number of carbonyl (C=O) groups excluding carboxylic acids is 1. The molecule has 2 aromatic carbocycles. The van der Waals surface area contributed by atoms with Crippen LogP contribution in [0.1, 0.15) is 17.5 Å². The quantitative estimate of drug-likeness (QED) is 0.847. The van der Waals surface area contributed by atoms with Crippen LogP contribution in [0.4, 0.5) is 10.1 Å². The Labute approximate surface area is 134 Å². The average Bonchev–Trinajstić information content (AvgIpc) is 2.49. The van der Waals surface area contributed by atoms with E-state index in [0.717, 1.165) is 5.56 Å². The van der Waals surface area contributed by atoms with Crippen molar-refractivity contribution in [1.82, 2.24) is 5.32 Å². The summed E-state index contributed by atoms with van der Waals surface area (Å²) >= 11 is 5.69. The van der Waals surface area contributed by atoms with Crippen LogP contribution in [0.2, 0.25) is 5.02 Å². The number of benzene rings is 2. The first kappa shape index (κ1) is 16.3. The maximum absolute atomic E-state index is 13.0. The highest BCUT2D eigenvalue weighted by molar-refractivity contribution is 6.31. The van der Waals surface area contributed by atoms with E-state index in [4.69, 9.17) is 11.6 Å². The van der Waals surface area contributed by atoms with Crippen molar-refractivity contribution in [2.75, 3.05) is 11.9 Å². The smallest absolute Gasteiger partial charge is 0.222 e. The molecule has 0 saturated carbocycles. The fraction of sp³-hybridized carbons (Fsp3) is 0.235. The Hall–Kier alpha value is -2.07. The summed E-state index contributed by atoms with van der Waals surface area (Å²) < 4.78 is 13.0. The number of anilines is 1. The summed E-state index contributed by atoms with van der Waals surface area (Å²) in [6.45, 7) is 2.99. The Morgan fingerprint density at radius 1 is 1.23 bits per heavy atom. The van der Waals surface area contributed by atoms with E-state index in [1.54, 1.807) is 6.07 Å². The molecule has 2 aromatic rings. The van der Waals surface area contributed by atoms with E-state index < -0.39 is 5.82 Å². The fourth-order valence-corrected chi connectivity index (χ4v) is 2.22. The first-order valence-electron chi connectivity index (χ1n) is 7.06. The van der Waals surface area contributed by atoms with Gasteiger partial charge in [0.15, 0.2) is 0 Å². The number of carbonyl (C=O) groups is 1. The third kappa shape index (κ3) is 5.04. The molecule has 0 saturated heterocycles. The number of halogens is 2. The second-order valence-corrected chi connectivity index (χ2v) is 5.48. The number of hydrogen-bond donors (Lipinski definition) is 2. The molecule has 0 aliphatic rings. The topological polar surface area (TPSA) is 41.1 Å². The first-order valence-corrected chi connectivity index (χ1v) is 7.43. The second kappa shape index (κ2) is 7.80. The molecule has 2 rings (SSSR count). The highest BCUT2D eigenvalue weighted by atomic mass is 35.5. The molecule has 0 aliphatic heterocycles. The van der Waals surface area contributed by atoms with Gasteiger partial charge in [-0.25, -0.2) is 4.39 Å². The highest BCUT2D eigenvalue weighted by Gasteiger charge is 2.03. The van der Waals surface area contributed by atoms with Gasteiger partial charge >= 0.3 is 0 Å². The zero-order chi connectivity index (χ0) is 15.9. The molecule has 1 amide bonds. The predicted octanol–water partition coefficient (Wildman–Crippen LogP) is 3.91. The van der Waals surface area contributed by atoms with E-state index in [1.807, 2.05) is 31.2 Å². The Bertz CT molecular complexity index is 661. The van der Waals surface area contributed by atoms with Gasteiger partial charge < -0.3 is 10.6 Å². The van der Waals surface area contributed by atoms with Crippen LogP contribution in [0.25, 0.3) is 0 Å². The van der Waals surface area contributed by atoms with Gasteiger partial charge in [-0.3, -0.25) is 4.79 Å². The SMILES string of the molecule is Cc1cccc(CNC(=O)CCNc2ccc(F)c(Cl)c2)c1. The van der Waals surface area contributed by atoms with E-state index in [-0.39, 0.29) is 10.9 Å². The lowest BCUT2D eigenvalue weighted by Gasteiger charge is -2.08. The summed E-state index contributed by atoms with van der Waals surface area (Å²) in [5.74, 6) is -0.495. The Morgan fingerprint density at radius 3 is 2.77 bits per heavy atom. The van der Waals surface area contributed by atoms with E-state index in [1.165, 1.54) is 17.7 Å². The minimum Gasteiger partial charge on any atom is -0.384 e. The third-order valence-electron chi connectivity index (χ3n) is 3.17. The molecular weight excluding hydrogens is 303 g/mol. The Balaban J connectivity index is 1.72. The lowest BCUT2D eigenvalue weighted by molar-refractivity contribution is -0.121. The zero-order valence-electron chi connectivity index (χ0n) is 12.3. The predicted molar refractivity (Wildman–Crippen MR) is 87.5 cm³/mol. The molecule has 5 heteroatoms. The molecular formula is C17H18ClFN2O. The molecule has 2 N–H and O–H groups in total. The van der Waals surface area contributed by atoms with Crippen LogP contribution in [-0.4, -0.2) is 12.5 Å². The molecule has 0 radical (unpaired) electrons. The molecule has 22 heavy (non-hydrogen) atoms. The molecule has 3 nitrogen and oxygen atoms in total. The monoisotopic (exact) mass is 320 g/mol. The van der Waals surface area contributed by atoms with Crippen molar-refractivity contribution in [3.63, 3.8) is 0 Å². The normalized spacial score (nSPS) is 10.3. The van der Waals surface area contributed by atoms with E-state index in [0.29, 0.717) is 25.2 Å². The van der Waals surface area contributed by atoms with E-state index in [2.05, 4.69) is 10.6 Å². The van der Waals surface area contributed by atoms with E-state index >= 15 is 0 Å². The van der Waals surface area contributed by atoms with Gasteiger partial charge in [-0.05, 0) is 30.7 Å². The van der Waals surface area contributed by atoms with Crippen LogP contribution in [-0.2, 0) is 11.3 Å². The number of rotatable bonds is 6. The van der Waals surface area contributed by atoms with Gasteiger partial charge in [0.25, 0.3) is 0 Å². The summed E-state index contributed by atoms with van der Waals surface area (Å²) in [5, 5.41) is 5.97. The van der Waals surface area contributed by atoms with Crippen molar-refractivity contribution in [2.45, 2.75) is 19.9 Å². The zero-order valence-corrected chi connectivity index (χ0v) is 13.1. The van der Waals surface area contributed by atoms with Crippen molar-refractivity contribution >= 4 is 23.2 Å². The maximum Gasteiger partial charge on any atom is 0.222 e. The molecule has 0 atom stereocenters. The lowest BCUT2D eigenvalue weighted by Crippen LogP contribution is -2.24. The van der Waals surface area contributed by atoms with Crippen LogP contribution < -0.4 is 10.6 Å². The van der Waals surface area contributed by atoms with E-state index in [9.17, 15) is 9.18 Å². The largest absolute Gasteiger partial charge is 0.384 e. The van der Waals surface area contributed by atoms with Crippen molar-refractivity contribution < 1.29 is 9.18 Å². The second-order valence-electron chi connectivity index (χ2n) is 5.07. The molecule has 116 valence electrons. The lowest BCUT2D eigenvalue weighted by atomic mass is 10.1. The van der Waals surface area contributed by atoms with Crippen molar-refractivity contribution in [3.8, 4) is 0 Å². The minimum absolute atomic E-state index is 0.0396. The van der Waals surface area contributed by atoms with Gasteiger partial charge in [0.1, 0.15) is 5.82 Å². The maximum atomic E-state index is 13.0. The van der Waals surface area contributed by atoms with Crippen molar-refractivity contribution in [3.05, 3.63) is 64.4 Å². The number of amides is 1. The van der Waals surface area contributed by atoms with Gasteiger partial charge in [0.05, 0.1) is 5.02 Å². The van der Waals surface area contributed by atoms with Gasteiger partial charge in [-0.1, -0.05) is 41.4 Å².